The number of hydrogen-bond acceptors (Lipinski definition) is 3. The summed E-state index contributed by atoms with van der Waals surface area (Å²) in [6.07, 6.45) is 1.09. The maximum atomic E-state index is 13.6. The van der Waals surface area contributed by atoms with Gasteiger partial charge in [0.05, 0.1) is 14.9 Å². The van der Waals surface area contributed by atoms with E-state index in [2.05, 4.69) is 16.8 Å². The Kier molecular flexibility index (Phi) is 4.09. The van der Waals surface area contributed by atoms with Crippen LogP contribution in [0.4, 0.5) is 15.8 Å². The molecule has 5 heteroatoms. The van der Waals surface area contributed by atoms with Gasteiger partial charge in [-0.15, -0.1) is 0 Å². The molecule has 0 aliphatic carbocycles. The van der Waals surface area contributed by atoms with Crippen LogP contribution >= 0.6 is 22.6 Å². The van der Waals surface area contributed by atoms with E-state index in [1.165, 1.54) is 0 Å². The maximum Gasteiger partial charge on any atom is 0.138 e. The van der Waals surface area contributed by atoms with Crippen LogP contribution in [0.2, 0.25) is 0 Å². The number of hydrogen-bond donors (Lipinski definition) is 1. The van der Waals surface area contributed by atoms with Crippen LogP contribution in [0.15, 0.2) is 12.1 Å². The molecule has 17 heavy (non-hydrogen) atoms. The average molecular weight is 349 g/mol. The molecule has 1 saturated heterocycles. The zero-order chi connectivity index (χ0) is 12.4. The molecule has 0 unspecified atom stereocenters. The first-order valence-electron chi connectivity index (χ1n) is 5.76. The van der Waals surface area contributed by atoms with Gasteiger partial charge in [0.25, 0.3) is 0 Å². The molecule has 0 spiro atoms. The van der Waals surface area contributed by atoms with Crippen LogP contribution < -0.4 is 10.6 Å². The van der Waals surface area contributed by atoms with Crippen LogP contribution in [0.3, 0.4) is 0 Å². The molecule has 1 aromatic rings. The highest BCUT2D eigenvalue weighted by molar-refractivity contribution is 14.1. The Morgan fingerprint density at radius 2 is 2.00 bits per heavy atom. The number of nitrogens with two attached hydrogens (primary N) is 1. The molecule has 1 aliphatic heterocycles. The van der Waals surface area contributed by atoms with Crippen molar-refractivity contribution in [2.45, 2.75) is 6.42 Å². The third kappa shape index (κ3) is 3.01. The van der Waals surface area contributed by atoms with E-state index in [-0.39, 0.29) is 5.82 Å². The van der Waals surface area contributed by atoms with Gasteiger partial charge in [-0.25, -0.2) is 4.39 Å². The van der Waals surface area contributed by atoms with Crippen molar-refractivity contribution in [3.05, 3.63) is 21.5 Å². The van der Waals surface area contributed by atoms with E-state index < -0.39 is 0 Å². The Balaban J connectivity index is 2.24. The lowest BCUT2D eigenvalue weighted by molar-refractivity contribution is 0.360. The van der Waals surface area contributed by atoms with Crippen molar-refractivity contribution < 1.29 is 4.39 Å². The van der Waals surface area contributed by atoms with Gasteiger partial charge in [-0.2, -0.15) is 0 Å². The zero-order valence-electron chi connectivity index (χ0n) is 9.92. The van der Waals surface area contributed by atoms with E-state index in [0.717, 1.165) is 38.3 Å². The second-order valence-corrected chi connectivity index (χ2v) is 5.63. The molecular weight excluding hydrogens is 332 g/mol. The average Bonchev–Trinajstić information content (AvgIpc) is 2.49. The highest BCUT2D eigenvalue weighted by Gasteiger charge is 2.16. The summed E-state index contributed by atoms with van der Waals surface area (Å²) in [6.45, 7) is 3.92. The van der Waals surface area contributed by atoms with Gasteiger partial charge in [-0.05, 0) is 48.7 Å². The second kappa shape index (κ2) is 5.39. The third-order valence-corrected chi connectivity index (χ3v) is 3.96. The van der Waals surface area contributed by atoms with Crippen molar-refractivity contribution in [2.75, 3.05) is 43.9 Å². The summed E-state index contributed by atoms with van der Waals surface area (Å²) in [5.41, 5.74) is 7.48. The summed E-state index contributed by atoms with van der Waals surface area (Å²) in [5.74, 6) is -0.188. The SMILES string of the molecule is CN1CCCN(c2cc(F)c(I)cc2N)CC1. The molecular formula is C12H17FIN3. The number of nitrogen functional groups attached to an aromatic ring is 1. The van der Waals surface area contributed by atoms with E-state index in [0.29, 0.717) is 9.26 Å². The first-order valence-corrected chi connectivity index (χ1v) is 6.84. The largest absolute Gasteiger partial charge is 0.397 e. The maximum absolute atomic E-state index is 13.6. The van der Waals surface area contributed by atoms with Crippen molar-refractivity contribution in [1.29, 1.82) is 0 Å². The minimum absolute atomic E-state index is 0.188. The standard InChI is InChI=1S/C12H17FIN3/c1-16-3-2-4-17(6-5-16)12-7-9(13)10(14)8-11(12)15/h7-8H,2-6,15H2,1H3. The van der Waals surface area contributed by atoms with Crippen LogP contribution in [0.1, 0.15) is 6.42 Å². The van der Waals surface area contributed by atoms with E-state index in [1.807, 2.05) is 22.6 Å². The molecule has 2 N–H and O–H groups in total. The van der Waals surface area contributed by atoms with E-state index in [1.54, 1.807) is 12.1 Å². The van der Waals surface area contributed by atoms with Crippen LogP contribution in [-0.4, -0.2) is 38.1 Å². The highest BCUT2D eigenvalue weighted by Crippen LogP contribution is 2.28. The summed E-state index contributed by atoms with van der Waals surface area (Å²) >= 11 is 1.97. The van der Waals surface area contributed by atoms with Crippen molar-refractivity contribution in [3.8, 4) is 0 Å². The zero-order valence-corrected chi connectivity index (χ0v) is 12.1. The molecule has 0 atom stereocenters. The summed E-state index contributed by atoms with van der Waals surface area (Å²) < 4.78 is 14.2. The van der Waals surface area contributed by atoms with Gasteiger partial charge in [0, 0.05) is 25.7 Å². The van der Waals surface area contributed by atoms with Gasteiger partial charge < -0.3 is 15.5 Å². The molecule has 0 bridgehead atoms. The first-order chi connectivity index (χ1) is 8.08. The molecule has 1 heterocycles. The molecule has 1 fully saturated rings. The van der Waals surface area contributed by atoms with Gasteiger partial charge in [0.15, 0.2) is 0 Å². The molecule has 2 rings (SSSR count). The number of anilines is 2. The van der Waals surface area contributed by atoms with Crippen molar-refractivity contribution in [2.24, 2.45) is 0 Å². The third-order valence-electron chi connectivity index (χ3n) is 3.13. The number of nitrogens with zero attached hydrogens (tertiary/aromatic N) is 2. The Hall–Kier alpha value is -0.560. The summed E-state index contributed by atoms with van der Waals surface area (Å²) in [6, 6.07) is 3.27. The topological polar surface area (TPSA) is 32.5 Å². The molecule has 94 valence electrons. The number of likely N-dealkylation sites (N-methyl/N-ethyl adjacent to an activating group) is 1. The second-order valence-electron chi connectivity index (χ2n) is 4.47. The van der Waals surface area contributed by atoms with Gasteiger partial charge in [-0.1, -0.05) is 0 Å². The van der Waals surface area contributed by atoms with E-state index in [9.17, 15) is 4.39 Å². The number of halogens is 2. The van der Waals surface area contributed by atoms with E-state index >= 15 is 0 Å². The van der Waals surface area contributed by atoms with Crippen molar-refractivity contribution in [3.63, 3.8) is 0 Å². The van der Waals surface area contributed by atoms with Gasteiger partial charge in [0.1, 0.15) is 5.82 Å². The first kappa shape index (κ1) is 12.9. The van der Waals surface area contributed by atoms with Crippen molar-refractivity contribution in [1.82, 2.24) is 4.90 Å². The molecule has 0 saturated carbocycles. The Bertz CT molecular complexity index is 411. The summed E-state index contributed by atoms with van der Waals surface area (Å²) in [5, 5.41) is 0. The fraction of sp³-hybridized carbons (Fsp3) is 0.500. The predicted molar refractivity (Wildman–Crippen MR) is 77.9 cm³/mol. The normalized spacial score (nSPS) is 18.2. The summed E-state index contributed by atoms with van der Waals surface area (Å²) in [7, 11) is 2.11. The fourth-order valence-corrected chi connectivity index (χ4v) is 2.60. The lowest BCUT2D eigenvalue weighted by atomic mass is 10.2. The monoisotopic (exact) mass is 349 g/mol. The highest BCUT2D eigenvalue weighted by atomic mass is 127. The predicted octanol–water partition coefficient (Wildman–Crippen LogP) is 2.15. The molecule has 0 radical (unpaired) electrons. The smallest absolute Gasteiger partial charge is 0.138 e. The molecule has 1 aliphatic rings. The molecule has 3 nitrogen and oxygen atoms in total. The number of benzene rings is 1. The minimum atomic E-state index is -0.188. The molecule has 0 amide bonds. The van der Waals surface area contributed by atoms with Gasteiger partial charge in [-0.3, -0.25) is 0 Å². The molecule has 0 aromatic heterocycles. The van der Waals surface area contributed by atoms with Crippen LogP contribution in [-0.2, 0) is 0 Å². The van der Waals surface area contributed by atoms with Gasteiger partial charge >= 0.3 is 0 Å². The lowest BCUT2D eigenvalue weighted by Gasteiger charge is -2.24. The van der Waals surface area contributed by atoms with Crippen LogP contribution in [0, 0.1) is 9.39 Å². The van der Waals surface area contributed by atoms with Crippen molar-refractivity contribution >= 4 is 34.0 Å². The minimum Gasteiger partial charge on any atom is -0.397 e. The Morgan fingerprint density at radius 3 is 2.76 bits per heavy atom. The van der Waals surface area contributed by atoms with Crippen LogP contribution in [0.5, 0.6) is 0 Å². The van der Waals surface area contributed by atoms with Crippen LogP contribution in [0.25, 0.3) is 0 Å². The fourth-order valence-electron chi connectivity index (χ4n) is 2.11. The van der Waals surface area contributed by atoms with E-state index in [4.69, 9.17) is 5.73 Å². The quantitative estimate of drug-likeness (QED) is 0.623. The Morgan fingerprint density at radius 1 is 1.24 bits per heavy atom. The Labute approximate surface area is 115 Å². The lowest BCUT2D eigenvalue weighted by Crippen LogP contribution is -2.29. The molecule has 1 aromatic carbocycles. The van der Waals surface area contributed by atoms with Gasteiger partial charge in [0.2, 0.25) is 0 Å². The number of rotatable bonds is 1. The summed E-state index contributed by atoms with van der Waals surface area (Å²) in [4.78, 5) is 4.47.